The quantitative estimate of drug-likeness (QED) is 0.649. The molecule has 2 amide bonds. The summed E-state index contributed by atoms with van der Waals surface area (Å²) >= 11 is 0. The van der Waals surface area contributed by atoms with Gasteiger partial charge in [-0.3, -0.25) is 30.2 Å². The van der Waals surface area contributed by atoms with Gasteiger partial charge in [0.25, 0.3) is 10.0 Å². The summed E-state index contributed by atoms with van der Waals surface area (Å²) < 4.78 is 26.3. The van der Waals surface area contributed by atoms with Crippen molar-refractivity contribution in [2.45, 2.75) is 17.7 Å². The van der Waals surface area contributed by atoms with E-state index in [2.05, 4.69) is 20.6 Å². The second kappa shape index (κ2) is 8.00. The van der Waals surface area contributed by atoms with Gasteiger partial charge in [0, 0.05) is 12.0 Å². The third kappa shape index (κ3) is 4.70. The SMILES string of the molecule is O=C(CCN=C1NS(=O)(=O)c2ccccc21)NNC(=O)Cc1ccccc1. The Labute approximate surface area is 156 Å². The van der Waals surface area contributed by atoms with E-state index in [-0.39, 0.29) is 36.0 Å². The van der Waals surface area contributed by atoms with Crippen molar-refractivity contribution in [2.24, 2.45) is 4.99 Å². The van der Waals surface area contributed by atoms with Crippen LogP contribution in [0.4, 0.5) is 0 Å². The summed E-state index contributed by atoms with van der Waals surface area (Å²) in [6, 6.07) is 15.6. The first-order valence-electron chi connectivity index (χ1n) is 8.24. The first-order valence-corrected chi connectivity index (χ1v) is 9.72. The summed E-state index contributed by atoms with van der Waals surface area (Å²) in [6.45, 7) is 0.0760. The number of benzene rings is 2. The van der Waals surface area contributed by atoms with E-state index in [1.165, 1.54) is 6.07 Å². The van der Waals surface area contributed by atoms with Gasteiger partial charge in [-0.1, -0.05) is 42.5 Å². The predicted molar refractivity (Wildman–Crippen MR) is 99.2 cm³/mol. The molecule has 0 unspecified atom stereocenters. The van der Waals surface area contributed by atoms with Crippen molar-refractivity contribution in [2.75, 3.05) is 6.54 Å². The van der Waals surface area contributed by atoms with Gasteiger partial charge in [0.05, 0.1) is 17.9 Å². The van der Waals surface area contributed by atoms with E-state index in [0.717, 1.165) is 5.56 Å². The minimum absolute atomic E-state index is 0.000981. The molecule has 140 valence electrons. The van der Waals surface area contributed by atoms with Gasteiger partial charge in [0.2, 0.25) is 11.8 Å². The molecule has 3 N–H and O–H groups in total. The fourth-order valence-electron chi connectivity index (χ4n) is 2.55. The summed E-state index contributed by atoms with van der Waals surface area (Å²) in [4.78, 5) is 27.9. The minimum Gasteiger partial charge on any atom is -0.273 e. The Bertz CT molecular complexity index is 987. The Morgan fingerprint density at radius 2 is 1.59 bits per heavy atom. The summed E-state index contributed by atoms with van der Waals surface area (Å²) in [5, 5.41) is 0. The molecule has 1 aliphatic rings. The first-order chi connectivity index (χ1) is 13.0. The number of carbonyl (C=O) groups excluding carboxylic acids is 2. The van der Waals surface area contributed by atoms with E-state index >= 15 is 0 Å². The summed E-state index contributed by atoms with van der Waals surface area (Å²) in [7, 11) is -3.60. The van der Waals surface area contributed by atoms with Crippen molar-refractivity contribution < 1.29 is 18.0 Å². The molecule has 0 radical (unpaired) electrons. The number of hydrazine groups is 1. The summed E-state index contributed by atoms with van der Waals surface area (Å²) in [5.41, 5.74) is 5.97. The maximum absolute atomic E-state index is 12.0. The average Bonchev–Trinajstić information content (AvgIpc) is 2.92. The second-order valence-corrected chi connectivity index (χ2v) is 7.49. The van der Waals surface area contributed by atoms with Crippen LogP contribution >= 0.6 is 0 Å². The highest BCUT2D eigenvalue weighted by atomic mass is 32.2. The number of nitrogens with one attached hydrogen (secondary N) is 3. The van der Waals surface area contributed by atoms with Crippen molar-refractivity contribution >= 4 is 27.7 Å². The Morgan fingerprint density at radius 3 is 2.37 bits per heavy atom. The highest BCUT2D eigenvalue weighted by molar-refractivity contribution is 7.90. The van der Waals surface area contributed by atoms with Gasteiger partial charge in [0.1, 0.15) is 5.84 Å². The highest BCUT2D eigenvalue weighted by Gasteiger charge is 2.29. The van der Waals surface area contributed by atoms with Gasteiger partial charge >= 0.3 is 0 Å². The number of sulfonamides is 1. The number of aliphatic imine (C=N–C) groups is 1. The van der Waals surface area contributed by atoms with Crippen LogP contribution in [0.15, 0.2) is 64.5 Å². The van der Waals surface area contributed by atoms with Crippen LogP contribution in [-0.2, 0) is 26.0 Å². The topological polar surface area (TPSA) is 117 Å². The fourth-order valence-corrected chi connectivity index (χ4v) is 3.80. The van der Waals surface area contributed by atoms with Crippen molar-refractivity contribution in [1.82, 2.24) is 15.6 Å². The molecule has 0 bridgehead atoms. The zero-order valence-corrected chi connectivity index (χ0v) is 15.1. The molecule has 0 saturated carbocycles. The van der Waals surface area contributed by atoms with Crippen LogP contribution in [0.3, 0.4) is 0 Å². The molecular weight excluding hydrogens is 368 g/mol. The smallest absolute Gasteiger partial charge is 0.263 e. The van der Waals surface area contributed by atoms with Crippen LogP contribution in [0.5, 0.6) is 0 Å². The van der Waals surface area contributed by atoms with E-state index in [9.17, 15) is 18.0 Å². The molecule has 0 atom stereocenters. The minimum atomic E-state index is -3.60. The monoisotopic (exact) mass is 386 g/mol. The maximum atomic E-state index is 12.0. The van der Waals surface area contributed by atoms with Gasteiger partial charge < -0.3 is 0 Å². The van der Waals surface area contributed by atoms with Crippen LogP contribution in [-0.4, -0.2) is 32.6 Å². The van der Waals surface area contributed by atoms with Gasteiger partial charge in [-0.15, -0.1) is 0 Å². The molecule has 0 spiro atoms. The van der Waals surface area contributed by atoms with Crippen molar-refractivity contribution in [3.05, 3.63) is 65.7 Å². The number of hydrogen-bond acceptors (Lipinski definition) is 5. The van der Waals surface area contributed by atoms with E-state index in [4.69, 9.17) is 0 Å². The van der Waals surface area contributed by atoms with Gasteiger partial charge in [-0.05, 0) is 17.7 Å². The fraction of sp³-hybridized carbons (Fsp3) is 0.167. The summed E-state index contributed by atoms with van der Waals surface area (Å²) in [5.74, 6) is -0.542. The second-order valence-electron chi connectivity index (χ2n) is 5.84. The van der Waals surface area contributed by atoms with E-state index in [0.29, 0.717) is 5.56 Å². The standard InChI is InChI=1S/C18H18N4O4S/c23-16(20-21-17(24)12-13-6-2-1-3-7-13)10-11-19-18-14-8-4-5-9-15(14)27(25,26)22-18/h1-9H,10-12H2,(H,19,22)(H,20,23)(H,21,24). The molecule has 0 saturated heterocycles. The molecular formula is C18H18N4O4S. The number of amidine groups is 1. The normalized spacial score (nSPS) is 15.6. The van der Waals surface area contributed by atoms with Crippen LogP contribution in [0.2, 0.25) is 0 Å². The Kier molecular flexibility index (Phi) is 5.51. The number of rotatable bonds is 5. The van der Waals surface area contributed by atoms with E-state index in [1.54, 1.807) is 18.2 Å². The lowest BCUT2D eigenvalue weighted by Crippen LogP contribution is -2.42. The molecule has 27 heavy (non-hydrogen) atoms. The van der Waals surface area contributed by atoms with Crippen LogP contribution in [0, 0.1) is 0 Å². The number of hydrogen-bond donors (Lipinski definition) is 3. The van der Waals surface area contributed by atoms with Crippen molar-refractivity contribution in [3.8, 4) is 0 Å². The molecule has 2 aromatic rings. The van der Waals surface area contributed by atoms with Crippen LogP contribution in [0.1, 0.15) is 17.5 Å². The zero-order valence-electron chi connectivity index (χ0n) is 14.3. The van der Waals surface area contributed by atoms with Gasteiger partial charge in [-0.25, -0.2) is 8.42 Å². The third-order valence-electron chi connectivity index (χ3n) is 3.82. The van der Waals surface area contributed by atoms with E-state index < -0.39 is 15.9 Å². The molecule has 9 heteroatoms. The first kappa shape index (κ1) is 18.6. The van der Waals surface area contributed by atoms with Crippen molar-refractivity contribution in [3.63, 3.8) is 0 Å². The highest BCUT2D eigenvalue weighted by Crippen LogP contribution is 2.22. The van der Waals surface area contributed by atoms with Gasteiger partial charge in [-0.2, -0.15) is 0 Å². The third-order valence-corrected chi connectivity index (χ3v) is 5.22. The number of amides is 2. The number of carbonyl (C=O) groups is 2. The van der Waals surface area contributed by atoms with Crippen LogP contribution < -0.4 is 15.6 Å². The molecule has 0 fully saturated rings. The molecule has 3 rings (SSSR count). The maximum Gasteiger partial charge on any atom is 0.263 e. The number of fused-ring (bicyclic) bond motifs is 1. The largest absolute Gasteiger partial charge is 0.273 e. The Hall–Kier alpha value is -3.20. The lowest BCUT2D eigenvalue weighted by atomic mass is 10.1. The lowest BCUT2D eigenvalue weighted by Gasteiger charge is -2.07. The number of nitrogens with zero attached hydrogens (tertiary/aromatic N) is 1. The molecule has 0 aromatic heterocycles. The van der Waals surface area contributed by atoms with Crippen LogP contribution in [0.25, 0.3) is 0 Å². The van der Waals surface area contributed by atoms with Gasteiger partial charge in [0.15, 0.2) is 0 Å². The zero-order chi connectivity index (χ0) is 19.3. The molecule has 0 aliphatic carbocycles. The summed E-state index contributed by atoms with van der Waals surface area (Å²) in [6.07, 6.45) is 0.154. The predicted octanol–water partition coefficient (Wildman–Crippen LogP) is 0.505. The van der Waals surface area contributed by atoms with Crippen molar-refractivity contribution in [1.29, 1.82) is 0 Å². The molecule has 8 nitrogen and oxygen atoms in total. The van der Waals surface area contributed by atoms with E-state index in [1.807, 2.05) is 30.3 Å². The molecule has 2 aromatic carbocycles. The lowest BCUT2D eigenvalue weighted by molar-refractivity contribution is -0.128. The average molecular weight is 386 g/mol. The molecule has 1 aliphatic heterocycles. The Morgan fingerprint density at radius 1 is 0.926 bits per heavy atom. The Balaban J connectivity index is 1.47. The molecule has 1 heterocycles.